The molecule has 0 bridgehead atoms. The van der Waals surface area contributed by atoms with Gasteiger partial charge in [-0.3, -0.25) is 14.2 Å². The SMILES string of the molecule is CCCCC/C=C/C/C=C/C/C=C/C/C=C/CCCC(=O)O[C@H](COC(=O)CCCCCCCCC/C=C/CCCCCC)COP(=O)([O-])OCC[N+](C)(C)C. The first-order chi connectivity index (χ1) is 27.0. The van der Waals surface area contributed by atoms with Crippen LogP contribution in [0.1, 0.15) is 168 Å². The molecule has 0 fully saturated rings. The van der Waals surface area contributed by atoms with Crippen LogP contribution in [-0.4, -0.2) is 70.0 Å². The number of hydrogen-bond acceptors (Lipinski definition) is 8. The molecule has 1 unspecified atom stereocenters. The first kappa shape index (κ1) is 53.7. The number of nitrogens with zero attached hydrogens (tertiary/aromatic N) is 1. The van der Waals surface area contributed by atoms with E-state index in [1.54, 1.807) is 0 Å². The second-order valence-corrected chi connectivity index (χ2v) is 17.1. The van der Waals surface area contributed by atoms with Crippen molar-refractivity contribution in [1.82, 2.24) is 0 Å². The standard InChI is InChI=1S/C46H82NO8P/c1-6-8-10-12-14-16-18-20-22-23-25-27-29-31-33-35-37-39-46(49)55-44(43-54-56(50,51)53-41-40-47(3,4)5)42-52-45(48)38-36-34-32-30-28-26-24-21-19-17-15-13-11-9-7-2/h14,16-17,19-20,22,25,27,31,33,44H,6-13,15,18,21,23-24,26,28-30,32,34-43H2,1-5H3/b16-14+,19-17+,22-20+,27-25+,33-31+/t44-/m1/s1. The van der Waals surface area contributed by atoms with E-state index in [2.05, 4.69) is 68.5 Å². The first-order valence-electron chi connectivity index (χ1n) is 22.0. The van der Waals surface area contributed by atoms with Crippen LogP contribution in [0.3, 0.4) is 0 Å². The average Bonchev–Trinajstić information content (AvgIpc) is 3.15. The number of phosphoric acid groups is 1. The predicted octanol–water partition coefficient (Wildman–Crippen LogP) is 11.8. The van der Waals surface area contributed by atoms with Crippen LogP contribution in [0.4, 0.5) is 0 Å². The van der Waals surface area contributed by atoms with Gasteiger partial charge < -0.3 is 27.9 Å². The van der Waals surface area contributed by atoms with Gasteiger partial charge in [-0.25, -0.2) is 0 Å². The Hall–Kier alpha value is -2.29. The van der Waals surface area contributed by atoms with Crippen LogP contribution in [0.15, 0.2) is 60.8 Å². The minimum absolute atomic E-state index is 0.0439. The third kappa shape index (κ3) is 41.3. The molecule has 0 aliphatic rings. The Labute approximate surface area is 343 Å². The number of carbonyl (C=O) groups is 2. The molecule has 0 aliphatic carbocycles. The van der Waals surface area contributed by atoms with Crippen LogP contribution in [0, 0.1) is 0 Å². The van der Waals surface area contributed by atoms with Crippen molar-refractivity contribution < 1.29 is 42.1 Å². The molecule has 2 atom stereocenters. The van der Waals surface area contributed by atoms with E-state index < -0.39 is 32.5 Å². The molecule has 56 heavy (non-hydrogen) atoms. The lowest BCUT2D eigenvalue weighted by molar-refractivity contribution is -0.870. The van der Waals surface area contributed by atoms with Gasteiger partial charge in [-0.2, -0.15) is 0 Å². The van der Waals surface area contributed by atoms with Gasteiger partial charge in [0.05, 0.1) is 27.7 Å². The summed E-state index contributed by atoms with van der Waals surface area (Å²) in [5.41, 5.74) is 0. The highest BCUT2D eigenvalue weighted by atomic mass is 31.2. The van der Waals surface area contributed by atoms with Crippen LogP contribution >= 0.6 is 7.82 Å². The minimum atomic E-state index is -4.64. The van der Waals surface area contributed by atoms with Crippen molar-refractivity contribution in [3.8, 4) is 0 Å². The van der Waals surface area contributed by atoms with Crippen LogP contribution < -0.4 is 4.89 Å². The van der Waals surface area contributed by atoms with E-state index in [-0.39, 0.29) is 26.1 Å². The van der Waals surface area contributed by atoms with Gasteiger partial charge in [-0.15, -0.1) is 0 Å². The lowest BCUT2D eigenvalue weighted by Crippen LogP contribution is -2.37. The summed E-state index contributed by atoms with van der Waals surface area (Å²) < 4.78 is 33.8. The van der Waals surface area contributed by atoms with Crippen LogP contribution in [-0.2, 0) is 32.7 Å². The molecule has 324 valence electrons. The number of quaternary nitrogens is 1. The van der Waals surface area contributed by atoms with Crippen molar-refractivity contribution in [2.75, 3.05) is 47.5 Å². The number of carbonyl (C=O) groups excluding carboxylic acids is 2. The van der Waals surface area contributed by atoms with E-state index in [1.807, 2.05) is 27.2 Å². The molecule has 10 heteroatoms. The van der Waals surface area contributed by atoms with Crippen molar-refractivity contribution in [2.24, 2.45) is 0 Å². The zero-order chi connectivity index (χ0) is 41.4. The Bertz CT molecular complexity index is 1140. The summed E-state index contributed by atoms with van der Waals surface area (Å²) in [5.74, 6) is -0.909. The van der Waals surface area contributed by atoms with Crippen molar-refractivity contribution >= 4 is 19.8 Å². The Balaban J connectivity index is 4.48. The summed E-state index contributed by atoms with van der Waals surface area (Å²) in [4.78, 5) is 37.5. The highest BCUT2D eigenvalue weighted by Crippen LogP contribution is 2.38. The number of hydrogen-bond donors (Lipinski definition) is 0. The number of likely N-dealkylation sites (N-methyl/N-ethyl adjacent to an activating group) is 1. The number of ether oxygens (including phenoxy) is 2. The monoisotopic (exact) mass is 808 g/mol. The number of phosphoric ester groups is 1. The lowest BCUT2D eigenvalue weighted by Gasteiger charge is -2.28. The molecule has 0 N–H and O–H groups in total. The Morgan fingerprint density at radius 1 is 0.554 bits per heavy atom. The predicted molar refractivity (Wildman–Crippen MR) is 231 cm³/mol. The molecule has 0 aromatic carbocycles. The third-order valence-electron chi connectivity index (χ3n) is 9.01. The van der Waals surface area contributed by atoms with Crippen molar-refractivity contribution in [3.05, 3.63) is 60.8 Å². The summed E-state index contributed by atoms with van der Waals surface area (Å²) in [5, 5.41) is 0. The van der Waals surface area contributed by atoms with E-state index >= 15 is 0 Å². The molecule has 0 aliphatic heterocycles. The van der Waals surface area contributed by atoms with Gasteiger partial charge in [0.25, 0.3) is 7.82 Å². The third-order valence-corrected chi connectivity index (χ3v) is 9.97. The molecule has 0 amide bonds. The fourth-order valence-electron chi connectivity index (χ4n) is 5.52. The summed E-state index contributed by atoms with van der Waals surface area (Å²) in [7, 11) is 1.12. The summed E-state index contributed by atoms with van der Waals surface area (Å²) >= 11 is 0. The minimum Gasteiger partial charge on any atom is -0.756 e. The van der Waals surface area contributed by atoms with Crippen molar-refractivity contribution in [3.63, 3.8) is 0 Å². The van der Waals surface area contributed by atoms with Gasteiger partial charge in [0.15, 0.2) is 6.10 Å². The largest absolute Gasteiger partial charge is 0.756 e. The molecule has 0 radical (unpaired) electrons. The molecule has 0 spiro atoms. The van der Waals surface area contributed by atoms with E-state index in [0.717, 1.165) is 44.9 Å². The first-order valence-corrected chi connectivity index (χ1v) is 23.5. The summed E-state index contributed by atoms with van der Waals surface area (Å²) in [6.07, 6.45) is 45.4. The second kappa shape index (κ2) is 38.2. The van der Waals surface area contributed by atoms with E-state index in [4.69, 9.17) is 18.5 Å². The second-order valence-electron chi connectivity index (χ2n) is 15.7. The molecule has 0 aromatic heterocycles. The van der Waals surface area contributed by atoms with Crippen molar-refractivity contribution in [1.29, 1.82) is 0 Å². The zero-order valence-electron chi connectivity index (χ0n) is 36.3. The number of allylic oxidation sites excluding steroid dienone is 10. The number of unbranched alkanes of at least 4 members (excludes halogenated alkanes) is 15. The maximum atomic E-state index is 12.6. The number of rotatable bonds is 39. The fourth-order valence-corrected chi connectivity index (χ4v) is 6.25. The Morgan fingerprint density at radius 3 is 1.54 bits per heavy atom. The smallest absolute Gasteiger partial charge is 0.306 e. The van der Waals surface area contributed by atoms with E-state index in [0.29, 0.717) is 30.3 Å². The average molecular weight is 808 g/mol. The molecule has 0 saturated carbocycles. The molecule has 0 heterocycles. The van der Waals surface area contributed by atoms with Gasteiger partial charge in [-0.05, 0) is 77.0 Å². The van der Waals surface area contributed by atoms with Crippen LogP contribution in [0.2, 0.25) is 0 Å². The molecule has 9 nitrogen and oxygen atoms in total. The van der Waals surface area contributed by atoms with Crippen LogP contribution in [0.5, 0.6) is 0 Å². The van der Waals surface area contributed by atoms with Gasteiger partial charge >= 0.3 is 11.9 Å². The normalized spacial score (nSPS) is 14.2. The van der Waals surface area contributed by atoms with Crippen molar-refractivity contribution in [2.45, 2.75) is 174 Å². The number of esters is 2. The highest BCUT2D eigenvalue weighted by molar-refractivity contribution is 7.45. The topological polar surface area (TPSA) is 111 Å². The maximum absolute atomic E-state index is 12.6. The molecular weight excluding hydrogens is 725 g/mol. The van der Waals surface area contributed by atoms with Crippen LogP contribution in [0.25, 0.3) is 0 Å². The molecular formula is C46H82NO8P. The van der Waals surface area contributed by atoms with E-state index in [9.17, 15) is 19.0 Å². The van der Waals surface area contributed by atoms with Gasteiger partial charge in [0, 0.05) is 12.8 Å². The quantitative estimate of drug-likeness (QED) is 0.0198. The highest BCUT2D eigenvalue weighted by Gasteiger charge is 2.21. The lowest BCUT2D eigenvalue weighted by atomic mass is 10.1. The molecule has 0 aromatic rings. The summed E-state index contributed by atoms with van der Waals surface area (Å²) in [6, 6.07) is 0. The fraction of sp³-hybridized carbons (Fsp3) is 0.739. The van der Waals surface area contributed by atoms with E-state index in [1.165, 1.54) is 77.0 Å². The molecule has 0 saturated heterocycles. The maximum Gasteiger partial charge on any atom is 0.306 e. The Kier molecular flexibility index (Phi) is 36.7. The van der Waals surface area contributed by atoms with Gasteiger partial charge in [0.2, 0.25) is 0 Å². The van der Waals surface area contributed by atoms with Gasteiger partial charge in [0.1, 0.15) is 19.8 Å². The summed E-state index contributed by atoms with van der Waals surface area (Å²) in [6.45, 7) is 4.10. The zero-order valence-corrected chi connectivity index (χ0v) is 37.2. The van der Waals surface area contributed by atoms with Gasteiger partial charge in [-0.1, -0.05) is 139 Å². The molecule has 0 rings (SSSR count). The Morgan fingerprint density at radius 2 is 0.982 bits per heavy atom.